The van der Waals surface area contributed by atoms with E-state index >= 15 is 0 Å². The van der Waals surface area contributed by atoms with E-state index in [1.807, 2.05) is 0 Å². The number of carbonyl (C=O) groups excluding carboxylic acids is 2. The number of anilines is 2. The van der Waals surface area contributed by atoms with Gasteiger partial charge in [0.2, 0.25) is 5.91 Å². The van der Waals surface area contributed by atoms with Gasteiger partial charge in [0, 0.05) is 31.0 Å². The molecule has 34 heavy (non-hydrogen) atoms. The van der Waals surface area contributed by atoms with Gasteiger partial charge in [-0.1, -0.05) is 18.2 Å². The highest BCUT2D eigenvalue weighted by Gasteiger charge is 2.19. The van der Waals surface area contributed by atoms with Crippen LogP contribution < -0.4 is 14.8 Å². The number of hydrogen-bond acceptors (Lipinski definition) is 5. The molecule has 0 aromatic heterocycles. The minimum atomic E-state index is -3.91. The summed E-state index contributed by atoms with van der Waals surface area (Å²) in [5.74, 6) is 0.152. The molecule has 3 aromatic carbocycles. The molecule has 8 nitrogen and oxygen atoms in total. The third-order valence-corrected chi connectivity index (χ3v) is 6.55. The Balaban J connectivity index is 1.75. The monoisotopic (exact) mass is 481 g/mol. The van der Waals surface area contributed by atoms with Crippen molar-refractivity contribution in [3.05, 3.63) is 83.4 Å². The molecule has 2 N–H and O–H groups in total. The van der Waals surface area contributed by atoms with E-state index in [1.165, 1.54) is 24.1 Å². The van der Waals surface area contributed by atoms with Crippen LogP contribution in [-0.4, -0.2) is 46.3 Å². The van der Waals surface area contributed by atoms with Crippen LogP contribution in [0.25, 0.3) is 0 Å². The fourth-order valence-electron chi connectivity index (χ4n) is 3.12. The molecule has 0 spiro atoms. The van der Waals surface area contributed by atoms with Crippen LogP contribution >= 0.6 is 0 Å². The first-order chi connectivity index (χ1) is 16.1. The van der Waals surface area contributed by atoms with E-state index in [1.54, 1.807) is 75.6 Å². The van der Waals surface area contributed by atoms with Crippen LogP contribution in [0.1, 0.15) is 21.5 Å². The molecule has 0 fully saturated rings. The fourth-order valence-corrected chi connectivity index (χ4v) is 4.21. The average Bonchev–Trinajstić information content (AvgIpc) is 2.80. The molecule has 178 valence electrons. The summed E-state index contributed by atoms with van der Waals surface area (Å²) < 4.78 is 33.3. The first-order valence-electron chi connectivity index (χ1n) is 10.5. The number of methoxy groups -OCH3 is 1. The Morgan fingerprint density at radius 2 is 1.53 bits per heavy atom. The van der Waals surface area contributed by atoms with Gasteiger partial charge < -0.3 is 15.0 Å². The van der Waals surface area contributed by atoms with Crippen molar-refractivity contribution in [2.75, 3.05) is 31.2 Å². The van der Waals surface area contributed by atoms with Crippen LogP contribution in [0.15, 0.2) is 71.6 Å². The van der Waals surface area contributed by atoms with Crippen LogP contribution in [0.5, 0.6) is 5.75 Å². The number of ether oxygens (including phenoxy) is 1. The summed E-state index contributed by atoms with van der Waals surface area (Å²) in [7, 11) is 1.01. The van der Waals surface area contributed by atoms with Crippen molar-refractivity contribution in [1.29, 1.82) is 0 Å². The molecule has 0 aliphatic carbocycles. The highest BCUT2D eigenvalue weighted by atomic mass is 32.2. The van der Waals surface area contributed by atoms with Crippen LogP contribution in [0.4, 0.5) is 11.4 Å². The molecule has 0 unspecified atom stereocenters. The van der Waals surface area contributed by atoms with Crippen molar-refractivity contribution in [2.45, 2.75) is 18.2 Å². The molecule has 0 heterocycles. The van der Waals surface area contributed by atoms with Gasteiger partial charge >= 0.3 is 0 Å². The molecule has 0 aliphatic rings. The van der Waals surface area contributed by atoms with Crippen molar-refractivity contribution < 1.29 is 22.7 Å². The van der Waals surface area contributed by atoms with E-state index in [0.717, 1.165) is 5.56 Å². The summed E-state index contributed by atoms with van der Waals surface area (Å²) >= 11 is 0. The van der Waals surface area contributed by atoms with Crippen molar-refractivity contribution >= 4 is 33.2 Å². The maximum atomic E-state index is 12.9. The zero-order valence-corrected chi connectivity index (χ0v) is 20.3. The number of amides is 2. The Hall–Kier alpha value is -3.85. The van der Waals surface area contributed by atoms with Gasteiger partial charge in [0.25, 0.3) is 15.9 Å². The highest BCUT2D eigenvalue weighted by Crippen LogP contribution is 2.22. The minimum absolute atomic E-state index is 0.0197. The van der Waals surface area contributed by atoms with Crippen molar-refractivity contribution in [2.24, 2.45) is 0 Å². The van der Waals surface area contributed by atoms with Crippen molar-refractivity contribution in [1.82, 2.24) is 4.90 Å². The molecule has 3 rings (SSSR count). The fraction of sp³-hybridized carbons (Fsp3) is 0.200. The maximum Gasteiger partial charge on any atom is 0.261 e. The number of benzene rings is 3. The largest absolute Gasteiger partial charge is 0.497 e. The highest BCUT2D eigenvalue weighted by molar-refractivity contribution is 7.92. The molecule has 0 saturated heterocycles. The second kappa shape index (κ2) is 10.4. The predicted octanol–water partition coefficient (Wildman–Crippen LogP) is 3.69. The van der Waals surface area contributed by atoms with Gasteiger partial charge in [-0.15, -0.1) is 0 Å². The van der Waals surface area contributed by atoms with Gasteiger partial charge in [0.1, 0.15) is 5.75 Å². The number of aryl methyl sites for hydroxylation is 1. The van der Waals surface area contributed by atoms with Gasteiger partial charge in [0.15, 0.2) is 0 Å². The number of rotatable bonds is 8. The zero-order chi connectivity index (χ0) is 24.9. The summed E-state index contributed by atoms with van der Waals surface area (Å²) in [5, 5.41) is 2.78. The van der Waals surface area contributed by atoms with E-state index in [-0.39, 0.29) is 22.8 Å². The zero-order valence-electron chi connectivity index (χ0n) is 19.5. The lowest BCUT2D eigenvalue weighted by atomic mass is 10.1. The van der Waals surface area contributed by atoms with Crippen molar-refractivity contribution in [3.63, 3.8) is 0 Å². The van der Waals surface area contributed by atoms with E-state index in [9.17, 15) is 18.0 Å². The first kappa shape index (κ1) is 24.8. The van der Waals surface area contributed by atoms with E-state index in [4.69, 9.17) is 4.74 Å². The summed E-state index contributed by atoms with van der Waals surface area (Å²) in [6.45, 7) is 1.73. The number of nitrogens with zero attached hydrogens (tertiary/aromatic N) is 1. The predicted molar refractivity (Wildman–Crippen MR) is 132 cm³/mol. The van der Waals surface area contributed by atoms with Crippen molar-refractivity contribution in [3.8, 4) is 5.75 Å². The van der Waals surface area contributed by atoms with E-state index in [0.29, 0.717) is 22.7 Å². The summed E-state index contributed by atoms with van der Waals surface area (Å²) in [6, 6.07) is 17.8. The van der Waals surface area contributed by atoms with Gasteiger partial charge in [0.05, 0.1) is 18.4 Å². The Kier molecular flexibility index (Phi) is 7.57. The molecule has 0 aliphatic heterocycles. The molecular formula is C25H27N3O5S. The lowest BCUT2D eigenvalue weighted by Gasteiger charge is -2.13. The molecule has 0 saturated carbocycles. The van der Waals surface area contributed by atoms with Crippen LogP contribution in [-0.2, 0) is 21.2 Å². The molecule has 9 heteroatoms. The normalized spacial score (nSPS) is 10.9. The Morgan fingerprint density at radius 1 is 0.912 bits per heavy atom. The van der Waals surface area contributed by atoms with Gasteiger partial charge in [-0.2, -0.15) is 0 Å². The summed E-state index contributed by atoms with van der Waals surface area (Å²) in [6.07, 6.45) is 0.265. The molecular weight excluding hydrogens is 454 g/mol. The number of carbonyl (C=O) groups is 2. The van der Waals surface area contributed by atoms with Crippen LogP contribution in [0.2, 0.25) is 0 Å². The summed E-state index contributed by atoms with van der Waals surface area (Å²) in [5.41, 5.74) is 2.61. The first-order valence-corrected chi connectivity index (χ1v) is 12.0. The van der Waals surface area contributed by atoms with E-state index in [2.05, 4.69) is 10.0 Å². The lowest BCUT2D eigenvalue weighted by molar-refractivity contribution is -0.127. The molecule has 2 amide bonds. The average molecular weight is 482 g/mol. The number of hydrogen-bond donors (Lipinski definition) is 2. The molecule has 0 atom stereocenters. The smallest absolute Gasteiger partial charge is 0.261 e. The molecule has 3 aromatic rings. The third-order valence-electron chi connectivity index (χ3n) is 5.17. The maximum absolute atomic E-state index is 12.9. The number of likely N-dealkylation sites (N-methyl/N-ethyl adjacent to an activating group) is 1. The second-order valence-corrected chi connectivity index (χ2v) is 9.61. The SMILES string of the molecule is COc1ccc(NS(=O)(=O)c2ccc(C)c(C(=O)Nc3ccc(CC(=O)N(C)C)cc3)c2)cc1. The summed E-state index contributed by atoms with van der Waals surface area (Å²) in [4.78, 5) is 26.2. The van der Waals surface area contributed by atoms with Crippen LogP contribution in [0.3, 0.4) is 0 Å². The topological polar surface area (TPSA) is 105 Å². The Morgan fingerprint density at radius 3 is 2.12 bits per heavy atom. The van der Waals surface area contributed by atoms with Crippen LogP contribution in [0, 0.1) is 6.92 Å². The number of sulfonamides is 1. The minimum Gasteiger partial charge on any atom is -0.497 e. The lowest BCUT2D eigenvalue weighted by Crippen LogP contribution is -2.23. The van der Waals surface area contributed by atoms with Gasteiger partial charge in [-0.3, -0.25) is 14.3 Å². The number of nitrogens with one attached hydrogen (secondary N) is 2. The standard InChI is InChI=1S/C25H27N3O5S/c1-17-5-14-22(34(31,32)27-20-10-12-21(33-4)13-11-20)16-23(17)25(30)26-19-8-6-18(7-9-19)15-24(29)28(2)3/h5-14,16,27H,15H2,1-4H3,(H,26,30). The van der Waals surface area contributed by atoms with Gasteiger partial charge in [-0.05, 0) is 66.6 Å². The Bertz CT molecular complexity index is 1290. The quantitative estimate of drug-likeness (QED) is 0.511. The second-order valence-electron chi connectivity index (χ2n) is 7.93. The van der Waals surface area contributed by atoms with Gasteiger partial charge in [-0.25, -0.2) is 8.42 Å². The molecule has 0 bridgehead atoms. The molecule has 0 radical (unpaired) electrons. The Labute approximate surface area is 199 Å². The third kappa shape index (κ3) is 6.14. The van der Waals surface area contributed by atoms with E-state index < -0.39 is 15.9 Å².